The Kier molecular flexibility index (Phi) is 4.81. The molecule has 2 heterocycles. The van der Waals surface area contributed by atoms with E-state index in [9.17, 15) is 0 Å². The minimum Gasteiger partial charge on any atom is -0.493 e. The maximum absolute atomic E-state index is 5.94. The van der Waals surface area contributed by atoms with Gasteiger partial charge in [-0.25, -0.2) is 0 Å². The van der Waals surface area contributed by atoms with Gasteiger partial charge in [0.2, 0.25) is 0 Å². The Bertz CT molecular complexity index is 937. The van der Waals surface area contributed by atoms with Crippen molar-refractivity contribution in [2.24, 2.45) is 0 Å². The molecule has 148 valence electrons. The third-order valence-corrected chi connectivity index (χ3v) is 5.48. The van der Waals surface area contributed by atoms with Gasteiger partial charge in [-0.2, -0.15) is 0 Å². The van der Waals surface area contributed by atoms with E-state index in [1.165, 1.54) is 5.56 Å². The van der Waals surface area contributed by atoms with Crippen LogP contribution in [-0.4, -0.2) is 47.0 Å². The first-order chi connectivity index (χ1) is 13.7. The van der Waals surface area contributed by atoms with Gasteiger partial charge in [0.1, 0.15) is 0 Å². The van der Waals surface area contributed by atoms with Crippen LogP contribution >= 0.6 is 0 Å². The van der Waals surface area contributed by atoms with E-state index in [1.54, 1.807) is 35.5 Å². The zero-order chi connectivity index (χ0) is 19.8. The summed E-state index contributed by atoms with van der Waals surface area (Å²) in [6.45, 7) is 0.826. The minimum absolute atomic E-state index is 0.263. The Balaban J connectivity index is 1.93. The molecule has 2 aliphatic heterocycles. The number of hydrogen-bond donors (Lipinski definition) is 0. The lowest BCUT2D eigenvalue weighted by atomic mass is 9.89. The highest BCUT2D eigenvalue weighted by atomic mass is 16.5. The standard InChI is InChI=1S/C22H25NO5/c1-24-17-7-6-14-10-16-15-12-19(26-3)18(25-2)11-13(15)8-9-23(16)22(28-5)20(14)21(17)27-4/h6-7,10-12,22H,8-9H2,1-5H3. The van der Waals surface area contributed by atoms with E-state index in [0.717, 1.165) is 46.9 Å². The zero-order valence-electron chi connectivity index (χ0n) is 16.9. The summed E-state index contributed by atoms with van der Waals surface area (Å²) in [4.78, 5) is 2.26. The second-order valence-corrected chi connectivity index (χ2v) is 6.73. The van der Waals surface area contributed by atoms with Crippen molar-refractivity contribution in [2.45, 2.75) is 12.6 Å². The molecule has 0 N–H and O–H groups in total. The van der Waals surface area contributed by atoms with Crippen molar-refractivity contribution in [1.29, 1.82) is 0 Å². The van der Waals surface area contributed by atoms with Gasteiger partial charge in [-0.15, -0.1) is 0 Å². The molecule has 0 aromatic heterocycles. The summed E-state index contributed by atoms with van der Waals surface area (Å²) in [5, 5.41) is 0. The molecule has 0 saturated carbocycles. The molecule has 2 aliphatic rings. The fraction of sp³-hybridized carbons (Fsp3) is 0.364. The van der Waals surface area contributed by atoms with Crippen molar-refractivity contribution in [1.82, 2.24) is 4.90 Å². The van der Waals surface area contributed by atoms with E-state index in [-0.39, 0.29) is 6.23 Å². The number of methoxy groups -OCH3 is 5. The lowest BCUT2D eigenvalue weighted by Gasteiger charge is -2.42. The SMILES string of the molecule is COc1cc2c(cc1OC)C1=Cc3ccc(OC)c(OC)c3C(OC)N1CC2. The third-order valence-electron chi connectivity index (χ3n) is 5.48. The Labute approximate surface area is 165 Å². The number of nitrogens with zero attached hydrogens (tertiary/aromatic N) is 1. The fourth-order valence-corrected chi connectivity index (χ4v) is 4.18. The fourth-order valence-electron chi connectivity index (χ4n) is 4.18. The summed E-state index contributed by atoms with van der Waals surface area (Å²) in [5.41, 5.74) is 5.51. The summed E-state index contributed by atoms with van der Waals surface area (Å²) in [7, 11) is 8.35. The van der Waals surface area contributed by atoms with E-state index in [2.05, 4.69) is 17.0 Å². The molecule has 6 heteroatoms. The lowest BCUT2D eigenvalue weighted by Crippen LogP contribution is -2.36. The van der Waals surface area contributed by atoms with E-state index in [4.69, 9.17) is 23.7 Å². The number of fused-ring (bicyclic) bond motifs is 4. The molecule has 0 spiro atoms. The van der Waals surface area contributed by atoms with Crippen LogP contribution < -0.4 is 18.9 Å². The molecular formula is C22H25NO5. The van der Waals surface area contributed by atoms with Gasteiger partial charge in [0.15, 0.2) is 29.2 Å². The predicted octanol–water partition coefficient (Wildman–Crippen LogP) is 3.74. The molecule has 0 fully saturated rings. The van der Waals surface area contributed by atoms with Crippen LogP contribution in [0.1, 0.15) is 28.5 Å². The zero-order valence-corrected chi connectivity index (χ0v) is 16.9. The lowest BCUT2D eigenvalue weighted by molar-refractivity contribution is -0.00471. The van der Waals surface area contributed by atoms with Crippen molar-refractivity contribution in [3.05, 3.63) is 46.5 Å². The summed E-state index contributed by atoms with van der Waals surface area (Å²) in [6, 6.07) is 8.08. The maximum atomic E-state index is 5.94. The predicted molar refractivity (Wildman–Crippen MR) is 107 cm³/mol. The molecule has 28 heavy (non-hydrogen) atoms. The van der Waals surface area contributed by atoms with Crippen LogP contribution in [0.4, 0.5) is 0 Å². The maximum Gasteiger partial charge on any atom is 0.169 e. The topological polar surface area (TPSA) is 49.4 Å². The number of hydrogen-bond acceptors (Lipinski definition) is 6. The molecule has 0 amide bonds. The average molecular weight is 383 g/mol. The van der Waals surface area contributed by atoms with Crippen LogP contribution in [0, 0.1) is 0 Å². The molecule has 1 atom stereocenters. The molecule has 0 radical (unpaired) electrons. The van der Waals surface area contributed by atoms with Gasteiger partial charge in [-0.3, -0.25) is 0 Å². The normalized spacial score (nSPS) is 17.1. The highest BCUT2D eigenvalue weighted by molar-refractivity contribution is 5.87. The molecule has 0 saturated heterocycles. The Morgan fingerprint density at radius 2 is 1.57 bits per heavy atom. The Hall–Kier alpha value is -2.86. The number of ether oxygens (including phenoxy) is 5. The van der Waals surface area contributed by atoms with Crippen molar-refractivity contribution in [2.75, 3.05) is 42.1 Å². The molecule has 1 unspecified atom stereocenters. The number of benzene rings is 2. The molecule has 0 bridgehead atoms. The minimum atomic E-state index is -0.263. The molecule has 4 rings (SSSR count). The van der Waals surface area contributed by atoms with Gasteiger partial charge in [-0.1, -0.05) is 6.07 Å². The molecule has 0 aliphatic carbocycles. The summed E-state index contributed by atoms with van der Waals surface area (Å²) >= 11 is 0. The molecule has 2 aromatic carbocycles. The van der Waals surface area contributed by atoms with Gasteiger partial charge in [0.05, 0.1) is 34.0 Å². The van der Waals surface area contributed by atoms with E-state index in [0.29, 0.717) is 11.5 Å². The van der Waals surface area contributed by atoms with Gasteiger partial charge in [0.25, 0.3) is 0 Å². The van der Waals surface area contributed by atoms with Crippen molar-refractivity contribution < 1.29 is 23.7 Å². The van der Waals surface area contributed by atoms with Crippen molar-refractivity contribution >= 4 is 11.8 Å². The average Bonchev–Trinajstić information content (AvgIpc) is 2.75. The van der Waals surface area contributed by atoms with Crippen LogP contribution in [0.15, 0.2) is 24.3 Å². The quantitative estimate of drug-likeness (QED) is 0.784. The smallest absolute Gasteiger partial charge is 0.169 e. The van der Waals surface area contributed by atoms with Gasteiger partial charge in [-0.05, 0) is 41.8 Å². The van der Waals surface area contributed by atoms with E-state index in [1.807, 2.05) is 18.2 Å². The van der Waals surface area contributed by atoms with Crippen LogP contribution in [-0.2, 0) is 11.2 Å². The second-order valence-electron chi connectivity index (χ2n) is 6.73. The first-order valence-electron chi connectivity index (χ1n) is 9.18. The van der Waals surface area contributed by atoms with Crippen LogP contribution in [0.2, 0.25) is 0 Å². The van der Waals surface area contributed by atoms with Crippen molar-refractivity contribution in [3.63, 3.8) is 0 Å². The first-order valence-corrected chi connectivity index (χ1v) is 9.18. The van der Waals surface area contributed by atoms with Gasteiger partial charge in [0, 0.05) is 24.9 Å². The Morgan fingerprint density at radius 3 is 2.21 bits per heavy atom. The molecule has 6 nitrogen and oxygen atoms in total. The Morgan fingerprint density at radius 1 is 0.857 bits per heavy atom. The number of rotatable bonds is 5. The van der Waals surface area contributed by atoms with Crippen LogP contribution in [0.5, 0.6) is 23.0 Å². The van der Waals surface area contributed by atoms with E-state index < -0.39 is 0 Å². The summed E-state index contributed by atoms with van der Waals surface area (Å²) in [5.74, 6) is 2.88. The van der Waals surface area contributed by atoms with Gasteiger partial charge < -0.3 is 28.6 Å². The summed E-state index contributed by atoms with van der Waals surface area (Å²) < 4.78 is 28.1. The highest BCUT2D eigenvalue weighted by Gasteiger charge is 2.36. The highest BCUT2D eigenvalue weighted by Crippen LogP contribution is 2.49. The van der Waals surface area contributed by atoms with Crippen LogP contribution in [0.3, 0.4) is 0 Å². The van der Waals surface area contributed by atoms with Gasteiger partial charge >= 0.3 is 0 Å². The third kappa shape index (κ3) is 2.67. The summed E-state index contributed by atoms with van der Waals surface area (Å²) in [6.07, 6.45) is 2.80. The van der Waals surface area contributed by atoms with Crippen LogP contribution in [0.25, 0.3) is 11.8 Å². The molecule has 2 aromatic rings. The first kappa shape index (κ1) is 18.5. The second kappa shape index (κ2) is 7.28. The van der Waals surface area contributed by atoms with E-state index >= 15 is 0 Å². The van der Waals surface area contributed by atoms with Crippen molar-refractivity contribution in [3.8, 4) is 23.0 Å². The largest absolute Gasteiger partial charge is 0.493 e. The molecular weight excluding hydrogens is 358 g/mol. The monoisotopic (exact) mass is 383 g/mol.